The SMILES string of the molecule is C[C@@H](NC(=O)c1cccc(OCc2ccccc2Cl)c1)c1ccc2c(c1)CCC2. The zero-order valence-corrected chi connectivity index (χ0v) is 17.2. The summed E-state index contributed by atoms with van der Waals surface area (Å²) in [5.74, 6) is 0.531. The molecule has 148 valence electrons. The van der Waals surface area contributed by atoms with E-state index < -0.39 is 0 Å². The Morgan fingerprint density at radius 1 is 1.03 bits per heavy atom. The molecule has 1 N–H and O–H groups in total. The number of carbonyl (C=O) groups is 1. The zero-order valence-electron chi connectivity index (χ0n) is 16.5. The van der Waals surface area contributed by atoms with Crippen LogP contribution in [-0.4, -0.2) is 5.91 Å². The topological polar surface area (TPSA) is 38.3 Å². The van der Waals surface area contributed by atoms with E-state index in [4.69, 9.17) is 16.3 Å². The molecule has 0 saturated heterocycles. The Labute approximate surface area is 176 Å². The molecule has 0 aromatic heterocycles. The highest BCUT2D eigenvalue weighted by molar-refractivity contribution is 6.31. The third-order valence-electron chi connectivity index (χ3n) is 5.42. The van der Waals surface area contributed by atoms with Gasteiger partial charge in [0.1, 0.15) is 12.4 Å². The van der Waals surface area contributed by atoms with Crippen molar-refractivity contribution in [2.24, 2.45) is 0 Å². The zero-order chi connectivity index (χ0) is 20.2. The van der Waals surface area contributed by atoms with Crippen LogP contribution < -0.4 is 10.1 Å². The first-order chi connectivity index (χ1) is 14.1. The van der Waals surface area contributed by atoms with Gasteiger partial charge in [-0.15, -0.1) is 0 Å². The van der Waals surface area contributed by atoms with Gasteiger partial charge in [-0.3, -0.25) is 4.79 Å². The van der Waals surface area contributed by atoms with Gasteiger partial charge in [-0.1, -0.05) is 54.1 Å². The molecule has 0 aliphatic heterocycles. The number of benzene rings is 3. The van der Waals surface area contributed by atoms with Crippen LogP contribution >= 0.6 is 11.6 Å². The first-order valence-corrected chi connectivity index (χ1v) is 10.4. The average molecular weight is 406 g/mol. The number of ether oxygens (including phenoxy) is 1. The Morgan fingerprint density at radius 3 is 2.72 bits per heavy atom. The minimum Gasteiger partial charge on any atom is -0.489 e. The Balaban J connectivity index is 1.41. The Bertz CT molecular complexity index is 1030. The predicted molar refractivity (Wildman–Crippen MR) is 117 cm³/mol. The summed E-state index contributed by atoms with van der Waals surface area (Å²) in [4.78, 5) is 12.8. The van der Waals surface area contributed by atoms with Crippen LogP contribution in [0.3, 0.4) is 0 Å². The van der Waals surface area contributed by atoms with Crippen LogP contribution in [0.25, 0.3) is 0 Å². The number of hydrogen-bond donors (Lipinski definition) is 1. The van der Waals surface area contributed by atoms with Gasteiger partial charge in [0.2, 0.25) is 0 Å². The van der Waals surface area contributed by atoms with E-state index in [0.29, 0.717) is 22.9 Å². The normalized spacial score (nSPS) is 13.6. The monoisotopic (exact) mass is 405 g/mol. The summed E-state index contributed by atoms with van der Waals surface area (Å²) in [6.45, 7) is 2.38. The average Bonchev–Trinajstić information content (AvgIpc) is 3.21. The highest BCUT2D eigenvalue weighted by Gasteiger charge is 2.16. The van der Waals surface area contributed by atoms with E-state index >= 15 is 0 Å². The number of aryl methyl sites for hydroxylation is 2. The molecule has 0 unspecified atom stereocenters. The van der Waals surface area contributed by atoms with Crippen molar-refractivity contribution >= 4 is 17.5 Å². The van der Waals surface area contributed by atoms with E-state index in [1.165, 1.54) is 17.5 Å². The number of hydrogen-bond acceptors (Lipinski definition) is 2. The summed E-state index contributed by atoms with van der Waals surface area (Å²) < 4.78 is 5.84. The Morgan fingerprint density at radius 2 is 1.86 bits per heavy atom. The second kappa shape index (κ2) is 8.71. The molecule has 1 aliphatic carbocycles. The highest BCUT2D eigenvalue weighted by Crippen LogP contribution is 2.26. The van der Waals surface area contributed by atoms with Gasteiger partial charge in [0, 0.05) is 16.1 Å². The van der Waals surface area contributed by atoms with E-state index in [1.807, 2.05) is 43.3 Å². The molecule has 4 rings (SSSR count). The lowest BCUT2D eigenvalue weighted by Crippen LogP contribution is -2.26. The van der Waals surface area contributed by atoms with Crippen molar-refractivity contribution < 1.29 is 9.53 Å². The van der Waals surface area contributed by atoms with Gasteiger partial charge in [-0.2, -0.15) is 0 Å². The first kappa shape index (κ1) is 19.5. The van der Waals surface area contributed by atoms with Crippen molar-refractivity contribution in [1.29, 1.82) is 0 Å². The largest absolute Gasteiger partial charge is 0.489 e. The summed E-state index contributed by atoms with van der Waals surface area (Å²) in [7, 11) is 0. The van der Waals surface area contributed by atoms with Crippen molar-refractivity contribution in [3.63, 3.8) is 0 Å². The Hall–Kier alpha value is -2.78. The summed E-state index contributed by atoms with van der Waals surface area (Å²) in [6, 6.07) is 21.3. The number of nitrogens with one attached hydrogen (secondary N) is 1. The molecule has 0 bridgehead atoms. The van der Waals surface area contributed by atoms with E-state index in [0.717, 1.165) is 24.0 Å². The third-order valence-corrected chi connectivity index (χ3v) is 5.79. The molecule has 1 aliphatic rings. The fourth-order valence-corrected chi connectivity index (χ4v) is 3.92. The molecular formula is C25H24ClNO2. The molecule has 0 saturated carbocycles. The molecule has 3 aromatic carbocycles. The second-order valence-electron chi connectivity index (χ2n) is 7.48. The number of carbonyl (C=O) groups excluding carboxylic acids is 1. The van der Waals surface area contributed by atoms with Crippen LogP contribution in [0.15, 0.2) is 66.7 Å². The molecular weight excluding hydrogens is 382 g/mol. The van der Waals surface area contributed by atoms with Gasteiger partial charge in [0.15, 0.2) is 0 Å². The molecule has 0 radical (unpaired) electrons. The van der Waals surface area contributed by atoms with Crippen molar-refractivity contribution in [1.82, 2.24) is 5.32 Å². The Kier molecular flexibility index (Phi) is 5.86. The molecule has 0 spiro atoms. The van der Waals surface area contributed by atoms with Gasteiger partial charge >= 0.3 is 0 Å². The minimum absolute atomic E-state index is 0.0545. The highest BCUT2D eigenvalue weighted by atomic mass is 35.5. The van der Waals surface area contributed by atoms with E-state index in [-0.39, 0.29) is 11.9 Å². The molecule has 1 atom stereocenters. The van der Waals surface area contributed by atoms with Crippen molar-refractivity contribution in [2.45, 2.75) is 38.8 Å². The predicted octanol–water partition coefficient (Wildman–Crippen LogP) is 5.90. The smallest absolute Gasteiger partial charge is 0.251 e. The second-order valence-corrected chi connectivity index (χ2v) is 7.89. The molecule has 1 amide bonds. The van der Waals surface area contributed by atoms with Crippen molar-refractivity contribution in [3.05, 3.63) is 99.6 Å². The van der Waals surface area contributed by atoms with Gasteiger partial charge < -0.3 is 10.1 Å². The van der Waals surface area contributed by atoms with Crippen LogP contribution in [0.4, 0.5) is 0 Å². The number of fused-ring (bicyclic) bond motifs is 1. The van der Waals surface area contributed by atoms with Crippen LogP contribution in [0.1, 0.15) is 52.0 Å². The first-order valence-electron chi connectivity index (χ1n) is 9.99. The van der Waals surface area contributed by atoms with Crippen molar-refractivity contribution in [3.8, 4) is 5.75 Å². The number of amides is 1. The fourth-order valence-electron chi connectivity index (χ4n) is 3.73. The van der Waals surface area contributed by atoms with E-state index in [1.54, 1.807) is 12.1 Å². The third kappa shape index (κ3) is 4.63. The van der Waals surface area contributed by atoms with Crippen LogP contribution in [0, 0.1) is 0 Å². The molecule has 3 nitrogen and oxygen atoms in total. The van der Waals surface area contributed by atoms with Gasteiger partial charge in [-0.05, 0) is 67.1 Å². The minimum atomic E-state index is -0.110. The molecule has 4 heteroatoms. The van der Waals surface area contributed by atoms with Gasteiger partial charge in [0.05, 0.1) is 6.04 Å². The summed E-state index contributed by atoms with van der Waals surface area (Å²) >= 11 is 6.18. The molecule has 0 heterocycles. The maximum atomic E-state index is 12.8. The lowest BCUT2D eigenvalue weighted by Gasteiger charge is -2.16. The lowest BCUT2D eigenvalue weighted by atomic mass is 10.0. The summed E-state index contributed by atoms with van der Waals surface area (Å²) in [5, 5.41) is 3.77. The van der Waals surface area contributed by atoms with Gasteiger partial charge in [0.25, 0.3) is 5.91 Å². The number of halogens is 1. The lowest BCUT2D eigenvalue weighted by molar-refractivity contribution is 0.0939. The standard InChI is InChI=1S/C25H24ClNO2/c1-17(19-13-12-18-7-4-8-20(18)14-19)27-25(28)21-9-5-10-23(15-21)29-16-22-6-2-3-11-24(22)26/h2-3,5-6,9-15,17H,4,7-8,16H2,1H3,(H,27,28)/t17-/m1/s1. The molecule has 0 fully saturated rings. The summed E-state index contributed by atoms with van der Waals surface area (Å²) in [5.41, 5.74) is 5.49. The van der Waals surface area contributed by atoms with Crippen LogP contribution in [0.5, 0.6) is 5.75 Å². The molecule has 29 heavy (non-hydrogen) atoms. The van der Waals surface area contributed by atoms with E-state index in [2.05, 4.69) is 23.5 Å². The van der Waals surface area contributed by atoms with Crippen molar-refractivity contribution in [2.75, 3.05) is 0 Å². The summed E-state index contributed by atoms with van der Waals surface area (Å²) in [6.07, 6.45) is 3.52. The van der Waals surface area contributed by atoms with Crippen LogP contribution in [-0.2, 0) is 19.4 Å². The fraction of sp³-hybridized carbons (Fsp3) is 0.240. The quantitative estimate of drug-likeness (QED) is 0.554. The number of rotatable bonds is 6. The molecule has 3 aromatic rings. The van der Waals surface area contributed by atoms with E-state index in [9.17, 15) is 4.79 Å². The maximum Gasteiger partial charge on any atom is 0.251 e. The van der Waals surface area contributed by atoms with Gasteiger partial charge in [-0.25, -0.2) is 0 Å². The maximum absolute atomic E-state index is 12.8. The van der Waals surface area contributed by atoms with Crippen LogP contribution in [0.2, 0.25) is 5.02 Å².